The maximum absolute atomic E-state index is 10.5. The summed E-state index contributed by atoms with van der Waals surface area (Å²) in [7, 11) is 0. The van der Waals surface area contributed by atoms with Crippen LogP contribution in [-0.4, -0.2) is 15.9 Å². The van der Waals surface area contributed by atoms with E-state index in [0.29, 0.717) is 5.75 Å². The second kappa shape index (κ2) is 3.90. The number of benzene rings is 1. The number of non-ortho nitro benzene ring substituents is 1. The number of rotatable bonds is 2. The first-order chi connectivity index (χ1) is 7.16. The summed E-state index contributed by atoms with van der Waals surface area (Å²) < 4.78 is 5.21. The fourth-order valence-corrected chi connectivity index (χ4v) is 2.10. The van der Waals surface area contributed by atoms with Gasteiger partial charge in [-0.3, -0.25) is 15.5 Å². The topological polar surface area (TPSA) is 76.2 Å². The number of nitrogens with zero attached hydrogens (tertiary/aromatic N) is 1. The van der Waals surface area contributed by atoms with Gasteiger partial charge in [0, 0.05) is 23.4 Å². The molecule has 0 radical (unpaired) electrons. The predicted octanol–water partition coefficient (Wildman–Crippen LogP) is 2.33. The van der Waals surface area contributed by atoms with E-state index in [4.69, 9.17) is 10.1 Å². The number of hydrogen-bond acceptors (Lipinski definition) is 5. The van der Waals surface area contributed by atoms with Crippen molar-refractivity contribution in [1.82, 2.24) is 0 Å². The molecule has 1 aromatic carbocycles. The highest BCUT2D eigenvalue weighted by atomic mass is 32.2. The fourth-order valence-electron chi connectivity index (χ4n) is 1.35. The third-order valence-corrected chi connectivity index (χ3v) is 2.90. The number of thioether (sulfide) groups is 1. The molecule has 2 rings (SSSR count). The van der Waals surface area contributed by atoms with E-state index in [1.807, 2.05) is 0 Å². The van der Waals surface area contributed by atoms with Crippen molar-refractivity contribution in [2.45, 2.75) is 6.10 Å². The van der Waals surface area contributed by atoms with Gasteiger partial charge in [-0.05, 0) is 0 Å². The van der Waals surface area contributed by atoms with Crippen LogP contribution in [0.5, 0.6) is 0 Å². The molecule has 0 unspecified atom stereocenters. The second-order valence-electron chi connectivity index (χ2n) is 3.06. The average Bonchev–Trinajstić information content (AvgIpc) is 2.65. The molecule has 15 heavy (non-hydrogen) atoms. The number of nitro groups is 1. The summed E-state index contributed by atoms with van der Waals surface area (Å²) in [6.07, 6.45) is -0.234. The Hall–Kier alpha value is -1.56. The van der Waals surface area contributed by atoms with Crippen molar-refractivity contribution in [3.63, 3.8) is 0 Å². The van der Waals surface area contributed by atoms with Gasteiger partial charge in [0.05, 0.1) is 4.92 Å². The number of ether oxygens (including phenoxy) is 1. The number of hydrogen-bond donors (Lipinski definition) is 1. The molecule has 0 aromatic heterocycles. The van der Waals surface area contributed by atoms with Gasteiger partial charge in [0.2, 0.25) is 5.23 Å². The van der Waals surface area contributed by atoms with Crippen molar-refractivity contribution in [3.8, 4) is 0 Å². The molecule has 0 spiro atoms. The summed E-state index contributed by atoms with van der Waals surface area (Å²) in [4.78, 5) is 10.1. The first kappa shape index (κ1) is 9.97. The normalized spacial score (nSPS) is 20.0. The van der Waals surface area contributed by atoms with Crippen LogP contribution in [0.3, 0.4) is 0 Å². The number of nitro benzene ring substituents is 1. The van der Waals surface area contributed by atoms with E-state index in [2.05, 4.69) is 0 Å². The minimum atomic E-state index is -0.434. The van der Waals surface area contributed by atoms with Gasteiger partial charge in [-0.25, -0.2) is 0 Å². The van der Waals surface area contributed by atoms with Crippen LogP contribution in [0.25, 0.3) is 0 Å². The Balaban J connectivity index is 2.25. The molecule has 1 aliphatic heterocycles. The molecular weight excluding hydrogens is 216 g/mol. The lowest BCUT2D eigenvalue weighted by Gasteiger charge is -2.08. The Bertz CT molecular complexity index is 422. The van der Waals surface area contributed by atoms with Gasteiger partial charge < -0.3 is 4.74 Å². The molecule has 0 bridgehead atoms. The zero-order chi connectivity index (χ0) is 10.8. The lowest BCUT2D eigenvalue weighted by molar-refractivity contribution is -0.385. The van der Waals surface area contributed by atoms with Crippen LogP contribution in [0.2, 0.25) is 0 Å². The third-order valence-electron chi connectivity index (χ3n) is 2.07. The van der Waals surface area contributed by atoms with Crippen molar-refractivity contribution in [2.75, 3.05) is 5.75 Å². The van der Waals surface area contributed by atoms with Crippen LogP contribution in [0, 0.1) is 15.5 Å². The van der Waals surface area contributed by atoms with Crippen molar-refractivity contribution >= 4 is 22.7 Å². The Kier molecular flexibility index (Phi) is 2.59. The molecule has 1 fully saturated rings. The first-order valence-electron chi connectivity index (χ1n) is 4.29. The molecule has 1 N–H and O–H groups in total. The first-order valence-corrected chi connectivity index (χ1v) is 5.28. The summed E-state index contributed by atoms with van der Waals surface area (Å²) in [5, 5.41) is 18.0. The second-order valence-corrected chi connectivity index (χ2v) is 4.05. The van der Waals surface area contributed by atoms with Crippen LogP contribution in [0.4, 0.5) is 5.69 Å². The SMILES string of the molecule is N=C1O[C@@H](c2cccc([N+](=O)[O-])c2)CS1. The van der Waals surface area contributed by atoms with Gasteiger partial charge in [-0.15, -0.1) is 0 Å². The summed E-state index contributed by atoms with van der Waals surface area (Å²) in [5.74, 6) is 0.639. The highest BCUT2D eigenvalue weighted by molar-refractivity contribution is 8.13. The van der Waals surface area contributed by atoms with E-state index in [9.17, 15) is 10.1 Å². The van der Waals surface area contributed by atoms with E-state index >= 15 is 0 Å². The summed E-state index contributed by atoms with van der Waals surface area (Å²) in [6.45, 7) is 0. The van der Waals surface area contributed by atoms with Crippen LogP contribution in [-0.2, 0) is 4.74 Å². The van der Waals surface area contributed by atoms with Crippen LogP contribution in [0.15, 0.2) is 24.3 Å². The molecule has 0 amide bonds. The molecule has 5 nitrogen and oxygen atoms in total. The molecule has 6 heteroatoms. The van der Waals surface area contributed by atoms with E-state index in [1.165, 1.54) is 23.9 Å². The Labute approximate surface area is 90.1 Å². The molecule has 0 saturated carbocycles. The zero-order valence-corrected chi connectivity index (χ0v) is 8.49. The van der Waals surface area contributed by atoms with Gasteiger partial charge in [-0.2, -0.15) is 0 Å². The van der Waals surface area contributed by atoms with Crippen LogP contribution >= 0.6 is 11.8 Å². The van der Waals surface area contributed by atoms with Gasteiger partial charge >= 0.3 is 0 Å². The van der Waals surface area contributed by atoms with Crippen molar-refractivity contribution in [2.24, 2.45) is 0 Å². The van der Waals surface area contributed by atoms with E-state index < -0.39 is 4.92 Å². The zero-order valence-electron chi connectivity index (χ0n) is 7.67. The summed E-state index contributed by atoms with van der Waals surface area (Å²) >= 11 is 1.31. The highest BCUT2D eigenvalue weighted by Gasteiger charge is 2.24. The Morgan fingerprint density at radius 3 is 3.00 bits per heavy atom. The van der Waals surface area contributed by atoms with Gasteiger partial charge in [0.15, 0.2) is 0 Å². The van der Waals surface area contributed by atoms with Crippen LogP contribution < -0.4 is 0 Å². The van der Waals surface area contributed by atoms with Gasteiger partial charge in [-0.1, -0.05) is 23.9 Å². The average molecular weight is 224 g/mol. The molecule has 1 atom stereocenters. The summed E-state index contributed by atoms with van der Waals surface area (Å²) in [5.41, 5.74) is 0.804. The maximum Gasteiger partial charge on any atom is 0.269 e. The molecular formula is C9H8N2O3S. The summed E-state index contributed by atoms with van der Waals surface area (Å²) in [6, 6.07) is 6.33. The Morgan fingerprint density at radius 2 is 2.40 bits per heavy atom. The van der Waals surface area contributed by atoms with Crippen molar-refractivity contribution < 1.29 is 9.66 Å². The third kappa shape index (κ3) is 2.10. The molecule has 1 heterocycles. The smallest absolute Gasteiger partial charge is 0.269 e. The molecule has 1 aliphatic rings. The predicted molar refractivity (Wildman–Crippen MR) is 57.1 cm³/mol. The van der Waals surface area contributed by atoms with Crippen molar-refractivity contribution in [1.29, 1.82) is 5.41 Å². The van der Waals surface area contributed by atoms with Crippen molar-refractivity contribution in [3.05, 3.63) is 39.9 Å². The van der Waals surface area contributed by atoms with E-state index in [-0.39, 0.29) is 17.0 Å². The minimum Gasteiger partial charge on any atom is -0.464 e. The lowest BCUT2D eigenvalue weighted by Crippen LogP contribution is -2.01. The number of nitrogens with one attached hydrogen (secondary N) is 1. The van der Waals surface area contributed by atoms with E-state index in [0.717, 1.165) is 5.56 Å². The lowest BCUT2D eigenvalue weighted by atomic mass is 10.1. The minimum absolute atomic E-state index is 0.0551. The standard InChI is InChI=1S/C9H8N2O3S/c10-9-14-8(5-15-9)6-2-1-3-7(4-6)11(12)13/h1-4,8,10H,5H2/t8-/m1/s1. The van der Waals surface area contributed by atoms with Gasteiger partial charge in [0.1, 0.15) is 6.10 Å². The molecule has 1 saturated heterocycles. The fraction of sp³-hybridized carbons (Fsp3) is 0.222. The highest BCUT2D eigenvalue weighted by Crippen LogP contribution is 2.32. The molecule has 78 valence electrons. The largest absolute Gasteiger partial charge is 0.464 e. The molecule has 1 aromatic rings. The maximum atomic E-state index is 10.5. The molecule has 0 aliphatic carbocycles. The quantitative estimate of drug-likeness (QED) is 0.617. The van der Waals surface area contributed by atoms with E-state index in [1.54, 1.807) is 12.1 Å². The van der Waals surface area contributed by atoms with Gasteiger partial charge in [0.25, 0.3) is 5.69 Å². The monoisotopic (exact) mass is 224 g/mol. The van der Waals surface area contributed by atoms with Crippen LogP contribution in [0.1, 0.15) is 11.7 Å². The Morgan fingerprint density at radius 1 is 1.60 bits per heavy atom.